The monoisotopic (exact) mass is 205 g/mol. The summed E-state index contributed by atoms with van der Waals surface area (Å²) in [6.07, 6.45) is 2.16. The zero-order valence-corrected chi connectivity index (χ0v) is 9.08. The second kappa shape index (κ2) is 3.88. The third-order valence-corrected chi connectivity index (χ3v) is 2.49. The van der Waals surface area contributed by atoms with E-state index in [0.717, 1.165) is 30.7 Å². The Kier molecular flexibility index (Phi) is 2.58. The number of aryl methyl sites for hydroxylation is 2. The average Bonchev–Trinajstić information content (AvgIpc) is 2.52. The summed E-state index contributed by atoms with van der Waals surface area (Å²) in [6.45, 7) is 4.88. The Balaban J connectivity index is 2.54. The fourth-order valence-corrected chi connectivity index (χ4v) is 1.64. The molecule has 2 heterocycles. The van der Waals surface area contributed by atoms with Gasteiger partial charge in [0.05, 0.1) is 5.39 Å². The van der Waals surface area contributed by atoms with E-state index in [4.69, 9.17) is 0 Å². The Bertz CT molecular complexity index is 524. The summed E-state index contributed by atoms with van der Waals surface area (Å²) in [4.78, 5) is 15.9. The van der Waals surface area contributed by atoms with Crippen LogP contribution in [0.4, 0.5) is 0 Å². The maximum atomic E-state index is 11.6. The van der Waals surface area contributed by atoms with Crippen LogP contribution in [0, 0.1) is 6.92 Å². The van der Waals surface area contributed by atoms with Crippen LogP contribution in [0.25, 0.3) is 11.0 Å². The van der Waals surface area contributed by atoms with Gasteiger partial charge in [-0.15, -0.1) is 0 Å². The highest BCUT2D eigenvalue weighted by molar-refractivity contribution is 5.74. The Morgan fingerprint density at radius 3 is 3.00 bits per heavy atom. The minimum absolute atomic E-state index is 0.0476. The van der Waals surface area contributed by atoms with Crippen molar-refractivity contribution in [3.8, 4) is 0 Å². The van der Waals surface area contributed by atoms with Crippen LogP contribution >= 0.6 is 0 Å². The topological polar surface area (TPSA) is 50.7 Å². The van der Waals surface area contributed by atoms with Crippen LogP contribution in [0.3, 0.4) is 0 Å². The Morgan fingerprint density at radius 1 is 1.47 bits per heavy atom. The summed E-state index contributed by atoms with van der Waals surface area (Å²) in [5.74, 6) is 0. The molecule has 0 atom stereocenters. The van der Waals surface area contributed by atoms with E-state index in [2.05, 4.69) is 17.0 Å². The minimum Gasteiger partial charge on any atom is -0.267 e. The van der Waals surface area contributed by atoms with Gasteiger partial charge in [-0.25, -0.2) is 4.98 Å². The van der Waals surface area contributed by atoms with Crippen molar-refractivity contribution in [3.63, 3.8) is 0 Å². The van der Waals surface area contributed by atoms with Crippen molar-refractivity contribution in [2.24, 2.45) is 0 Å². The van der Waals surface area contributed by atoms with Gasteiger partial charge in [0.25, 0.3) is 5.56 Å². The van der Waals surface area contributed by atoms with Crippen LogP contribution in [0.15, 0.2) is 16.9 Å². The second-order valence-electron chi connectivity index (χ2n) is 3.77. The number of aromatic nitrogens is 3. The van der Waals surface area contributed by atoms with E-state index < -0.39 is 0 Å². The molecule has 0 saturated carbocycles. The fourth-order valence-electron chi connectivity index (χ4n) is 1.64. The Labute approximate surface area is 87.9 Å². The van der Waals surface area contributed by atoms with Gasteiger partial charge >= 0.3 is 0 Å². The smallest absolute Gasteiger partial charge is 0.267 e. The first-order chi connectivity index (χ1) is 7.22. The lowest BCUT2D eigenvalue weighted by Gasteiger charge is -2.02. The first-order valence-corrected chi connectivity index (χ1v) is 5.28. The predicted octanol–water partition coefficient (Wildman–Crippen LogP) is 1.83. The fraction of sp³-hybridized carbons (Fsp3) is 0.455. The molecule has 0 saturated heterocycles. The molecule has 0 radical (unpaired) electrons. The van der Waals surface area contributed by atoms with Gasteiger partial charge in [0.1, 0.15) is 0 Å². The SMILES string of the molecule is CCCCn1[nH]c(=O)c2ccc(C)nc21. The van der Waals surface area contributed by atoms with E-state index in [1.807, 2.05) is 23.7 Å². The van der Waals surface area contributed by atoms with Crippen LogP contribution in [-0.4, -0.2) is 14.8 Å². The number of pyridine rings is 1. The Hall–Kier alpha value is -1.58. The van der Waals surface area contributed by atoms with Crippen molar-refractivity contribution in [2.75, 3.05) is 0 Å². The second-order valence-corrected chi connectivity index (χ2v) is 3.77. The number of H-pyrrole nitrogens is 1. The molecule has 0 amide bonds. The van der Waals surface area contributed by atoms with Gasteiger partial charge in [-0.2, -0.15) is 0 Å². The summed E-state index contributed by atoms with van der Waals surface area (Å²) >= 11 is 0. The lowest BCUT2D eigenvalue weighted by molar-refractivity contribution is 0.579. The molecule has 4 heteroatoms. The average molecular weight is 205 g/mol. The molecule has 2 aromatic heterocycles. The summed E-state index contributed by atoms with van der Waals surface area (Å²) in [7, 11) is 0. The largest absolute Gasteiger partial charge is 0.273 e. The number of fused-ring (bicyclic) bond motifs is 1. The van der Waals surface area contributed by atoms with E-state index in [1.165, 1.54) is 0 Å². The molecule has 4 nitrogen and oxygen atoms in total. The van der Waals surface area contributed by atoms with Gasteiger partial charge in [-0.3, -0.25) is 14.6 Å². The van der Waals surface area contributed by atoms with Crippen LogP contribution in [-0.2, 0) is 6.54 Å². The van der Waals surface area contributed by atoms with Gasteiger partial charge in [0, 0.05) is 12.2 Å². The van der Waals surface area contributed by atoms with Crippen molar-refractivity contribution < 1.29 is 0 Å². The van der Waals surface area contributed by atoms with Crippen molar-refractivity contribution in [1.29, 1.82) is 0 Å². The first-order valence-electron chi connectivity index (χ1n) is 5.28. The summed E-state index contributed by atoms with van der Waals surface area (Å²) in [6, 6.07) is 3.70. The standard InChI is InChI=1S/C11H15N3O/c1-3-4-7-14-10-9(11(15)13-14)6-5-8(2)12-10/h5-6H,3-4,7H2,1-2H3,(H,13,15). The minimum atomic E-state index is -0.0476. The molecule has 0 spiro atoms. The quantitative estimate of drug-likeness (QED) is 0.831. The molecular formula is C11H15N3O. The molecule has 0 aliphatic rings. The molecule has 0 aliphatic heterocycles. The number of hydrogen-bond acceptors (Lipinski definition) is 2. The van der Waals surface area contributed by atoms with Crippen molar-refractivity contribution >= 4 is 11.0 Å². The molecule has 2 aromatic rings. The van der Waals surface area contributed by atoms with Crippen LogP contribution in [0.5, 0.6) is 0 Å². The molecule has 0 unspecified atom stereocenters. The van der Waals surface area contributed by atoms with E-state index in [1.54, 1.807) is 0 Å². The molecule has 0 fully saturated rings. The van der Waals surface area contributed by atoms with Crippen molar-refractivity contribution in [3.05, 3.63) is 28.2 Å². The zero-order chi connectivity index (χ0) is 10.8. The summed E-state index contributed by atoms with van der Waals surface area (Å²) in [5, 5.41) is 3.49. The number of nitrogens with one attached hydrogen (secondary N) is 1. The van der Waals surface area contributed by atoms with Gasteiger partial charge in [-0.1, -0.05) is 13.3 Å². The van der Waals surface area contributed by atoms with E-state index in [-0.39, 0.29) is 5.56 Å². The van der Waals surface area contributed by atoms with Gasteiger partial charge in [-0.05, 0) is 25.5 Å². The molecule has 80 valence electrons. The highest BCUT2D eigenvalue weighted by Crippen LogP contribution is 2.08. The molecule has 0 aromatic carbocycles. The van der Waals surface area contributed by atoms with Crippen LogP contribution in [0.1, 0.15) is 25.5 Å². The Morgan fingerprint density at radius 2 is 2.27 bits per heavy atom. The van der Waals surface area contributed by atoms with Crippen molar-refractivity contribution in [1.82, 2.24) is 14.8 Å². The first kappa shape index (κ1) is 9.96. The molecular weight excluding hydrogens is 190 g/mol. The summed E-state index contributed by atoms with van der Waals surface area (Å²) in [5.41, 5.74) is 1.66. The van der Waals surface area contributed by atoms with Gasteiger partial charge in [0.2, 0.25) is 0 Å². The zero-order valence-electron chi connectivity index (χ0n) is 9.08. The van der Waals surface area contributed by atoms with E-state index in [0.29, 0.717) is 5.39 Å². The maximum Gasteiger partial charge on any atom is 0.273 e. The molecule has 0 bridgehead atoms. The van der Waals surface area contributed by atoms with E-state index in [9.17, 15) is 4.79 Å². The lowest BCUT2D eigenvalue weighted by Crippen LogP contribution is -2.05. The number of rotatable bonds is 3. The lowest BCUT2D eigenvalue weighted by atomic mass is 10.3. The van der Waals surface area contributed by atoms with Crippen molar-refractivity contribution in [2.45, 2.75) is 33.2 Å². The van der Waals surface area contributed by atoms with Crippen LogP contribution in [0.2, 0.25) is 0 Å². The number of aromatic amines is 1. The summed E-state index contributed by atoms with van der Waals surface area (Å²) < 4.78 is 1.84. The number of unbranched alkanes of at least 4 members (excludes halogenated alkanes) is 1. The van der Waals surface area contributed by atoms with Gasteiger partial charge in [0.15, 0.2) is 5.65 Å². The van der Waals surface area contributed by atoms with E-state index >= 15 is 0 Å². The molecule has 1 N–H and O–H groups in total. The number of nitrogens with zero attached hydrogens (tertiary/aromatic N) is 2. The van der Waals surface area contributed by atoms with Crippen LogP contribution < -0.4 is 5.56 Å². The number of hydrogen-bond donors (Lipinski definition) is 1. The van der Waals surface area contributed by atoms with Gasteiger partial charge < -0.3 is 0 Å². The molecule has 2 rings (SSSR count). The molecule has 0 aliphatic carbocycles. The third kappa shape index (κ3) is 1.79. The highest BCUT2D eigenvalue weighted by atomic mass is 16.1. The predicted molar refractivity (Wildman–Crippen MR) is 60.0 cm³/mol. The maximum absolute atomic E-state index is 11.6. The molecule has 15 heavy (non-hydrogen) atoms. The highest BCUT2D eigenvalue weighted by Gasteiger charge is 2.06. The normalized spacial score (nSPS) is 11.1. The third-order valence-electron chi connectivity index (χ3n) is 2.49.